The maximum atomic E-state index is 12.9. The smallest absolute Gasteiger partial charge is 0.419 e. The van der Waals surface area contributed by atoms with Crippen molar-refractivity contribution >= 4 is 21.9 Å². The molecule has 0 radical (unpaired) electrons. The lowest BCUT2D eigenvalue weighted by Gasteiger charge is -2.43. The van der Waals surface area contributed by atoms with Crippen molar-refractivity contribution in [3.05, 3.63) is 11.6 Å². The Morgan fingerprint density at radius 1 is 1.50 bits per heavy atom. The number of rotatable bonds is 2. The van der Waals surface area contributed by atoms with E-state index in [9.17, 15) is 18.0 Å². The van der Waals surface area contributed by atoms with Crippen LogP contribution in [0.3, 0.4) is 0 Å². The van der Waals surface area contributed by atoms with Crippen LogP contribution in [0.5, 0.6) is 0 Å². The highest BCUT2D eigenvalue weighted by Crippen LogP contribution is 2.42. The number of aliphatic carboxylic acids is 1. The maximum absolute atomic E-state index is 12.9. The fraction of sp³-hybridized carbons (Fsp3) is 0.750. The van der Waals surface area contributed by atoms with Gasteiger partial charge in [-0.15, -0.1) is 0 Å². The Hall–Kier alpha value is -0.600. The molecule has 1 N–H and O–H groups in total. The number of hydrogen-bond acceptors (Lipinski definition) is 3. The summed E-state index contributed by atoms with van der Waals surface area (Å²) < 4.78 is 49.1. The van der Waals surface area contributed by atoms with Crippen LogP contribution in [0.2, 0.25) is 0 Å². The molecular formula is C12H14BrF3O4. The summed E-state index contributed by atoms with van der Waals surface area (Å²) >= 11 is 3.41. The Labute approximate surface area is 122 Å². The zero-order valence-electron chi connectivity index (χ0n) is 10.6. The van der Waals surface area contributed by atoms with Crippen LogP contribution in [0.15, 0.2) is 11.6 Å². The third kappa shape index (κ3) is 3.01. The minimum absolute atomic E-state index is 0.0611. The first-order valence-electron chi connectivity index (χ1n) is 6.08. The van der Waals surface area contributed by atoms with Gasteiger partial charge < -0.3 is 14.6 Å². The highest BCUT2D eigenvalue weighted by atomic mass is 79.9. The standard InChI is InChI=1S/C12H14BrF3O4/c1-19-8-4-6(13)2-5-3-7(11(17)18)10(12(14,15)16)20-9(5)8/h3,5-6,8-10H,2,4H2,1H3,(H,17,18). The van der Waals surface area contributed by atoms with Gasteiger partial charge in [0.1, 0.15) is 0 Å². The van der Waals surface area contributed by atoms with Gasteiger partial charge in [-0.05, 0) is 12.8 Å². The summed E-state index contributed by atoms with van der Waals surface area (Å²) in [7, 11) is 1.41. The SMILES string of the molecule is COC1CC(Br)CC2C=C(C(=O)O)C(C(F)(F)F)OC21. The molecule has 0 bridgehead atoms. The molecule has 0 saturated heterocycles. The highest BCUT2D eigenvalue weighted by Gasteiger charge is 2.52. The van der Waals surface area contributed by atoms with E-state index >= 15 is 0 Å². The zero-order chi connectivity index (χ0) is 15.1. The molecule has 2 aliphatic rings. The topological polar surface area (TPSA) is 55.8 Å². The van der Waals surface area contributed by atoms with Crippen molar-refractivity contribution in [3.63, 3.8) is 0 Å². The van der Waals surface area contributed by atoms with Gasteiger partial charge in [-0.25, -0.2) is 4.79 Å². The van der Waals surface area contributed by atoms with Crippen molar-refractivity contribution in [3.8, 4) is 0 Å². The van der Waals surface area contributed by atoms with Crippen LogP contribution in [0.4, 0.5) is 13.2 Å². The van der Waals surface area contributed by atoms with Crippen molar-refractivity contribution in [1.29, 1.82) is 0 Å². The molecular weight excluding hydrogens is 345 g/mol. The van der Waals surface area contributed by atoms with Crippen molar-refractivity contribution in [2.24, 2.45) is 5.92 Å². The second-order valence-electron chi connectivity index (χ2n) is 4.96. The van der Waals surface area contributed by atoms with Gasteiger partial charge in [0, 0.05) is 17.9 Å². The number of alkyl halides is 4. The van der Waals surface area contributed by atoms with Gasteiger partial charge in [0.15, 0.2) is 6.10 Å². The van der Waals surface area contributed by atoms with Crippen molar-refractivity contribution in [2.75, 3.05) is 7.11 Å². The van der Waals surface area contributed by atoms with Gasteiger partial charge in [0.2, 0.25) is 0 Å². The number of halogens is 4. The first kappa shape index (κ1) is 15.8. The summed E-state index contributed by atoms with van der Waals surface area (Å²) in [5.41, 5.74) is -0.741. The lowest BCUT2D eigenvalue weighted by Crippen LogP contribution is -2.52. The minimum atomic E-state index is -4.75. The van der Waals surface area contributed by atoms with Gasteiger partial charge in [-0.1, -0.05) is 22.0 Å². The first-order valence-corrected chi connectivity index (χ1v) is 6.99. The Morgan fingerprint density at radius 3 is 2.65 bits per heavy atom. The third-order valence-electron chi connectivity index (χ3n) is 3.62. The Morgan fingerprint density at radius 2 is 2.15 bits per heavy atom. The van der Waals surface area contributed by atoms with E-state index in [1.165, 1.54) is 13.2 Å². The van der Waals surface area contributed by atoms with Crippen LogP contribution < -0.4 is 0 Å². The molecule has 5 unspecified atom stereocenters. The van der Waals surface area contributed by atoms with Gasteiger partial charge in [0.25, 0.3) is 0 Å². The molecule has 114 valence electrons. The van der Waals surface area contributed by atoms with E-state index in [2.05, 4.69) is 15.9 Å². The van der Waals surface area contributed by atoms with E-state index in [1.807, 2.05) is 0 Å². The number of carboxylic acids is 1. The van der Waals surface area contributed by atoms with Crippen LogP contribution in [-0.4, -0.2) is 47.5 Å². The molecule has 8 heteroatoms. The fourth-order valence-corrected chi connectivity index (χ4v) is 3.55. The summed E-state index contributed by atoms with van der Waals surface area (Å²) in [4.78, 5) is 11.1. The molecule has 1 fully saturated rings. The van der Waals surface area contributed by atoms with Crippen LogP contribution in [0.1, 0.15) is 12.8 Å². The number of fused-ring (bicyclic) bond motifs is 1. The quantitative estimate of drug-likeness (QED) is 0.770. The molecule has 0 aromatic heterocycles. The summed E-state index contributed by atoms with van der Waals surface area (Å²) in [6.07, 6.45) is -6.19. The Balaban J connectivity index is 2.35. The molecule has 0 spiro atoms. The maximum Gasteiger partial charge on any atom is 0.419 e. The van der Waals surface area contributed by atoms with Gasteiger partial charge >= 0.3 is 12.1 Å². The molecule has 0 amide bonds. The second kappa shape index (κ2) is 5.65. The number of hydrogen-bond donors (Lipinski definition) is 1. The van der Waals surface area contributed by atoms with Crippen molar-refractivity contribution < 1.29 is 32.5 Å². The average molecular weight is 359 g/mol. The van der Waals surface area contributed by atoms with E-state index in [4.69, 9.17) is 14.6 Å². The number of methoxy groups -OCH3 is 1. The predicted octanol–water partition coefficient (Wildman–Crippen LogP) is 2.52. The molecule has 1 aliphatic heterocycles. The van der Waals surface area contributed by atoms with E-state index < -0.39 is 41.9 Å². The molecule has 20 heavy (non-hydrogen) atoms. The first-order chi connectivity index (χ1) is 9.24. The molecule has 1 heterocycles. The van der Waals surface area contributed by atoms with Gasteiger partial charge in [-0.3, -0.25) is 0 Å². The Kier molecular flexibility index (Phi) is 4.46. The number of carbonyl (C=O) groups is 1. The summed E-state index contributed by atoms with van der Waals surface area (Å²) in [5.74, 6) is -2.00. The highest BCUT2D eigenvalue weighted by molar-refractivity contribution is 9.09. The van der Waals surface area contributed by atoms with Gasteiger partial charge in [-0.2, -0.15) is 13.2 Å². The minimum Gasteiger partial charge on any atom is -0.478 e. The average Bonchev–Trinajstić information content (AvgIpc) is 2.34. The summed E-state index contributed by atoms with van der Waals surface area (Å²) in [6, 6.07) is 0. The molecule has 0 aromatic rings. The molecule has 0 aromatic carbocycles. The number of ether oxygens (including phenoxy) is 2. The molecule has 1 saturated carbocycles. The summed E-state index contributed by atoms with van der Waals surface area (Å²) in [5, 5.41) is 8.96. The van der Waals surface area contributed by atoms with E-state index in [-0.39, 0.29) is 4.83 Å². The normalized spacial score (nSPS) is 38.0. The molecule has 4 nitrogen and oxygen atoms in total. The lowest BCUT2D eigenvalue weighted by atomic mass is 9.80. The molecule has 5 atom stereocenters. The fourth-order valence-electron chi connectivity index (χ4n) is 2.75. The van der Waals surface area contributed by atoms with Crippen LogP contribution in [0.25, 0.3) is 0 Å². The predicted molar refractivity (Wildman–Crippen MR) is 66.7 cm³/mol. The third-order valence-corrected chi connectivity index (χ3v) is 4.37. The second-order valence-corrected chi connectivity index (χ2v) is 6.25. The monoisotopic (exact) mass is 358 g/mol. The van der Waals surface area contributed by atoms with E-state index in [0.717, 1.165) is 0 Å². The van der Waals surface area contributed by atoms with Crippen LogP contribution >= 0.6 is 15.9 Å². The van der Waals surface area contributed by atoms with E-state index in [1.54, 1.807) is 0 Å². The zero-order valence-corrected chi connectivity index (χ0v) is 12.1. The Bertz CT molecular complexity index is 423. The summed E-state index contributed by atoms with van der Waals surface area (Å²) in [6.45, 7) is 0. The number of carboxylic acid groups (broad SMARTS) is 1. The molecule has 2 rings (SSSR count). The van der Waals surface area contributed by atoms with Crippen LogP contribution in [-0.2, 0) is 14.3 Å². The van der Waals surface area contributed by atoms with Crippen molar-refractivity contribution in [2.45, 2.75) is 42.2 Å². The molecule has 1 aliphatic carbocycles. The largest absolute Gasteiger partial charge is 0.478 e. The lowest BCUT2D eigenvalue weighted by molar-refractivity contribution is -0.244. The van der Waals surface area contributed by atoms with E-state index in [0.29, 0.717) is 12.8 Å². The van der Waals surface area contributed by atoms with Gasteiger partial charge in [0.05, 0.1) is 17.8 Å². The van der Waals surface area contributed by atoms with Crippen molar-refractivity contribution in [1.82, 2.24) is 0 Å². The van der Waals surface area contributed by atoms with Crippen LogP contribution in [0, 0.1) is 5.92 Å².